The number of amides is 1. The highest BCUT2D eigenvalue weighted by molar-refractivity contribution is 9.10. The number of nitrogens with one attached hydrogen (secondary N) is 2. The third kappa shape index (κ3) is 3.23. The molecule has 0 aliphatic heterocycles. The van der Waals surface area contributed by atoms with E-state index in [2.05, 4.69) is 26.2 Å². The summed E-state index contributed by atoms with van der Waals surface area (Å²) in [5.74, 6) is -0.486. The molecule has 2 aromatic rings. The van der Waals surface area contributed by atoms with Gasteiger partial charge in [0.1, 0.15) is 11.5 Å². The predicted octanol–water partition coefficient (Wildman–Crippen LogP) is 3.72. The SMILES string of the molecule is Cc1ccc(C(C)NC(=O)c2cc(Br)c[nH]2)cc1F. The number of H-pyrrole nitrogens is 1. The normalized spacial score (nSPS) is 12.2. The van der Waals surface area contributed by atoms with E-state index in [1.54, 1.807) is 25.3 Å². The molecule has 100 valence electrons. The molecule has 0 saturated heterocycles. The molecule has 0 radical (unpaired) electrons. The van der Waals surface area contributed by atoms with Gasteiger partial charge in [-0.15, -0.1) is 0 Å². The molecule has 0 aliphatic carbocycles. The van der Waals surface area contributed by atoms with E-state index < -0.39 is 0 Å². The Labute approximate surface area is 119 Å². The molecule has 0 saturated carbocycles. The molecule has 1 aromatic carbocycles. The molecular formula is C14H14BrFN2O. The molecule has 19 heavy (non-hydrogen) atoms. The van der Waals surface area contributed by atoms with Crippen LogP contribution in [0.2, 0.25) is 0 Å². The van der Waals surface area contributed by atoms with E-state index in [9.17, 15) is 9.18 Å². The fraction of sp³-hybridized carbons (Fsp3) is 0.214. The monoisotopic (exact) mass is 324 g/mol. The second kappa shape index (κ2) is 5.57. The average Bonchev–Trinajstić information content (AvgIpc) is 2.79. The highest BCUT2D eigenvalue weighted by atomic mass is 79.9. The molecule has 0 spiro atoms. The van der Waals surface area contributed by atoms with Crippen molar-refractivity contribution in [2.24, 2.45) is 0 Å². The summed E-state index contributed by atoms with van der Waals surface area (Å²) in [6.07, 6.45) is 1.69. The Morgan fingerprint density at radius 1 is 1.42 bits per heavy atom. The van der Waals surface area contributed by atoms with Crippen molar-refractivity contribution in [1.29, 1.82) is 0 Å². The topological polar surface area (TPSA) is 44.9 Å². The molecule has 1 amide bonds. The van der Waals surface area contributed by atoms with Crippen molar-refractivity contribution in [2.75, 3.05) is 0 Å². The van der Waals surface area contributed by atoms with E-state index >= 15 is 0 Å². The lowest BCUT2D eigenvalue weighted by Gasteiger charge is -2.14. The Hall–Kier alpha value is -1.62. The maximum absolute atomic E-state index is 13.5. The first-order valence-electron chi connectivity index (χ1n) is 5.88. The number of hydrogen-bond acceptors (Lipinski definition) is 1. The van der Waals surface area contributed by atoms with Crippen LogP contribution in [0.25, 0.3) is 0 Å². The summed E-state index contributed by atoms with van der Waals surface area (Å²) >= 11 is 3.27. The number of hydrogen-bond donors (Lipinski definition) is 2. The summed E-state index contributed by atoms with van der Waals surface area (Å²) in [5, 5.41) is 2.81. The lowest BCUT2D eigenvalue weighted by Crippen LogP contribution is -2.27. The van der Waals surface area contributed by atoms with Crippen molar-refractivity contribution in [3.63, 3.8) is 0 Å². The first-order chi connectivity index (χ1) is 8.97. The summed E-state index contributed by atoms with van der Waals surface area (Å²) in [6.45, 7) is 3.53. The van der Waals surface area contributed by atoms with Crippen LogP contribution >= 0.6 is 15.9 Å². The van der Waals surface area contributed by atoms with Crippen molar-refractivity contribution >= 4 is 21.8 Å². The van der Waals surface area contributed by atoms with Crippen LogP contribution in [0.4, 0.5) is 4.39 Å². The predicted molar refractivity (Wildman–Crippen MR) is 75.5 cm³/mol. The Morgan fingerprint density at radius 3 is 2.74 bits per heavy atom. The van der Waals surface area contributed by atoms with Gasteiger partial charge in [0, 0.05) is 10.7 Å². The van der Waals surface area contributed by atoms with Gasteiger partial charge in [0.05, 0.1) is 6.04 Å². The Balaban J connectivity index is 2.10. The van der Waals surface area contributed by atoms with Crippen molar-refractivity contribution < 1.29 is 9.18 Å². The number of aromatic amines is 1. The smallest absolute Gasteiger partial charge is 0.268 e. The minimum Gasteiger partial charge on any atom is -0.356 e. The van der Waals surface area contributed by atoms with E-state index in [0.29, 0.717) is 11.3 Å². The summed E-state index contributed by atoms with van der Waals surface area (Å²) in [4.78, 5) is 14.8. The van der Waals surface area contributed by atoms with Gasteiger partial charge >= 0.3 is 0 Å². The fourth-order valence-corrected chi connectivity index (χ4v) is 2.08. The highest BCUT2D eigenvalue weighted by Gasteiger charge is 2.13. The zero-order chi connectivity index (χ0) is 14.0. The molecule has 5 heteroatoms. The first kappa shape index (κ1) is 13.8. The third-order valence-electron chi connectivity index (χ3n) is 2.94. The summed E-state index contributed by atoms with van der Waals surface area (Å²) in [7, 11) is 0. The molecule has 2 N–H and O–H groups in total. The van der Waals surface area contributed by atoms with Crippen LogP contribution < -0.4 is 5.32 Å². The van der Waals surface area contributed by atoms with Gasteiger partial charge in [0.25, 0.3) is 5.91 Å². The van der Waals surface area contributed by atoms with E-state index in [4.69, 9.17) is 0 Å². The molecule has 1 atom stereocenters. The van der Waals surface area contributed by atoms with Crippen molar-refractivity contribution in [3.8, 4) is 0 Å². The quantitative estimate of drug-likeness (QED) is 0.888. The number of halogens is 2. The number of carbonyl (C=O) groups is 1. The van der Waals surface area contributed by atoms with E-state index in [-0.39, 0.29) is 17.8 Å². The third-order valence-corrected chi connectivity index (χ3v) is 3.39. The number of benzene rings is 1. The van der Waals surface area contributed by atoms with Crippen LogP contribution in [0.1, 0.15) is 34.6 Å². The number of carbonyl (C=O) groups excluding carboxylic acids is 1. The minimum atomic E-state index is -0.263. The summed E-state index contributed by atoms with van der Waals surface area (Å²) < 4.78 is 14.3. The van der Waals surface area contributed by atoms with Crippen molar-refractivity contribution in [3.05, 3.63) is 57.6 Å². The Kier molecular flexibility index (Phi) is 4.04. The molecular weight excluding hydrogens is 311 g/mol. The second-order valence-corrected chi connectivity index (χ2v) is 5.35. The van der Waals surface area contributed by atoms with Crippen LogP contribution in [0, 0.1) is 12.7 Å². The number of aromatic nitrogens is 1. The maximum Gasteiger partial charge on any atom is 0.268 e. The zero-order valence-corrected chi connectivity index (χ0v) is 12.2. The van der Waals surface area contributed by atoms with Crippen LogP contribution in [0.3, 0.4) is 0 Å². The molecule has 0 bridgehead atoms. The Morgan fingerprint density at radius 2 is 2.16 bits per heavy atom. The minimum absolute atomic E-state index is 0.223. The highest BCUT2D eigenvalue weighted by Crippen LogP contribution is 2.17. The van der Waals surface area contributed by atoms with Gasteiger partial charge in [0.15, 0.2) is 0 Å². The molecule has 3 nitrogen and oxygen atoms in total. The average molecular weight is 325 g/mol. The molecule has 0 fully saturated rings. The van der Waals surface area contributed by atoms with Gasteiger partial charge in [-0.05, 0) is 53.0 Å². The van der Waals surface area contributed by atoms with E-state index in [0.717, 1.165) is 10.0 Å². The number of rotatable bonds is 3. The van der Waals surface area contributed by atoms with Crippen molar-refractivity contribution in [2.45, 2.75) is 19.9 Å². The van der Waals surface area contributed by atoms with Crippen LogP contribution in [0.15, 0.2) is 34.9 Å². The van der Waals surface area contributed by atoms with Crippen LogP contribution in [-0.4, -0.2) is 10.9 Å². The van der Waals surface area contributed by atoms with Gasteiger partial charge in [-0.3, -0.25) is 4.79 Å². The van der Waals surface area contributed by atoms with Crippen molar-refractivity contribution in [1.82, 2.24) is 10.3 Å². The molecule has 0 aliphatic rings. The fourth-order valence-electron chi connectivity index (χ4n) is 1.74. The zero-order valence-electron chi connectivity index (χ0n) is 10.6. The van der Waals surface area contributed by atoms with Gasteiger partial charge in [-0.25, -0.2) is 4.39 Å². The number of aryl methyl sites for hydroxylation is 1. The molecule has 2 rings (SSSR count). The lowest BCUT2D eigenvalue weighted by molar-refractivity contribution is 0.0935. The van der Waals surface area contributed by atoms with E-state index in [1.807, 2.05) is 13.0 Å². The van der Waals surface area contributed by atoms with Gasteiger partial charge in [0.2, 0.25) is 0 Å². The second-order valence-electron chi connectivity index (χ2n) is 4.44. The lowest BCUT2D eigenvalue weighted by atomic mass is 10.1. The largest absolute Gasteiger partial charge is 0.356 e. The van der Waals surface area contributed by atoms with E-state index in [1.165, 1.54) is 6.07 Å². The van der Waals surface area contributed by atoms with Crippen LogP contribution in [-0.2, 0) is 0 Å². The van der Waals surface area contributed by atoms with Gasteiger partial charge in [-0.1, -0.05) is 12.1 Å². The maximum atomic E-state index is 13.5. The van der Waals surface area contributed by atoms with Gasteiger partial charge in [-0.2, -0.15) is 0 Å². The summed E-state index contributed by atoms with van der Waals surface area (Å²) in [6, 6.07) is 6.40. The van der Waals surface area contributed by atoms with Crippen LogP contribution in [0.5, 0.6) is 0 Å². The standard InChI is InChI=1S/C14H14BrFN2O/c1-8-3-4-10(5-12(8)16)9(2)18-14(19)13-6-11(15)7-17-13/h3-7,9,17H,1-2H3,(H,18,19). The molecule has 1 aromatic heterocycles. The Bertz CT molecular complexity index is 609. The summed E-state index contributed by atoms with van der Waals surface area (Å²) in [5.41, 5.74) is 1.80. The molecule has 1 heterocycles. The molecule has 1 unspecified atom stereocenters. The first-order valence-corrected chi connectivity index (χ1v) is 6.67. The van der Waals surface area contributed by atoms with Gasteiger partial charge < -0.3 is 10.3 Å².